The van der Waals surface area contributed by atoms with Crippen molar-refractivity contribution in [3.05, 3.63) is 107 Å². The molecule has 2 aromatic heterocycles. The summed E-state index contributed by atoms with van der Waals surface area (Å²) < 4.78 is 29.1. The zero-order chi connectivity index (χ0) is 27.6. The lowest BCUT2D eigenvalue weighted by atomic mass is 10.0. The van der Waals surface area contributed by atoms with Crippen LogP contribution in [-0.4, -0.2) is 34.1 Å². The van der Waals surface area contributed by atoms with Gasteiger partial charge in [0.1, 0.15) is 18.2 Å². The second-order valence-electron chi connectivity index (χ2n) is 8.86. The minimum absolute atomic E-state index is 0.00454. The van der Waals surface area contributed by atoms with Gasteiger partial charge in [-0.05, 0) is 55.0 Å². The molecular formula is C28H24N6O4S. The number of aromatic nitrogens is 4. The van der Waals surface area contributed by atoms with Crippen molar-refractivity contribution in [2.24, 2.45) is 0 Å². The fourth-order valence-corrected chi connectivity index (χ4v) is 5.17. The number of hydrogen-bond acceptors (Lipinski definition) is 7. The topological polar surface area (TPSA) is 136 Å². The Morgan fingerprint density at radius 1 is 0.897 bits per heavy atom. The van der Waals surface area contributed by atoms with E-state index in [1.807, 2.05) is 42.5 Å². The van der Waals surface area contributed by atoms with Crippen LogP contribution in [0.1, 0.15) is 11.5 Å². The first-order valence-corrected chi connectivity index (χ1v) is 13.5. The molecule has 10 nitrogen and oxygen atoms in total. The fraction of sp³-hybridized carbons (Fsp3) is 0.107. The highest BCUT2D eigenvalue weighted by Gasteiger charge is 2.16. The normalized spacial score (nSPS) is 11.3. The number of fused-ring (bicyclic) bond motifs is 1. The SMILES string of the molecule is Cc1cc(NS(=O)(=O)c2ccc(NC(=O)Cn3nc(-c4cccc5ccccc45)ccc3=O)cc2)nc(C)n1. The minimum atomic E-state index is -3.90. The van der Waals surface area contributed by atoms with Crippen molar-refractivity contribution in [2.75, 3.05) is 10.0 Å². The van der Waals surface area contributed by atoms with E-state index in [1.165, 1.54) is 36.4 Å². The van der Waals surface area contributed by atoms with Crippen molar-refractivity contribution in [3.63, 3.8) is 0 Å². The Labute approximate surface area is 224 Å². The van der Waals surface area contributed by atoms with E-state index in [1.54, 1.807) is 19.9 Å². The fourth-order valence-electron chi connectivity index (χ4n) is 4.17. The Kier molecular flexibility index (Phi) is 6.90. The van der Waals surface area contributed by atoms with Crippen molar-refractivity contribution in [3.8, 4) is 11.3 Å². The highest BCUT2D eigenvalue weighted by molar-refractivity contribution is 7.92. The van der Waals surface area contributed by atoms with Gasteiger partial charge < -0.3 is 5.32 Å². The van der Waals surface area contributed by atoms with Crippen LogP contribution < -0.4 is 15.6 Å². The highest BCUT2D eigenvalue weighted by atomic mass is 32.2. The smallest absolute Gasteiger partial charge is 0.267 e. The zero-order valence-electron chi connectivity index (χ0n) is 21.1. The lowest BCUT2D eigenvalue weighted by Gasteiger charge is -2.11. The van der Waals surface area contributed by atoms with Crippen LogP contribution in [0.15, 0.2) is 94.6 Å². The van der Waals surface area contributed by atoms with Gasteiger partial charge in [-0.3, -0.25) is 14.3 Å². The maximum absolute atomic E-state index is 12.8. The molecular weight excluding hydrogens is 516 g/mol. The van der Waals surface area contributed by atoms with Crippen LogP contribution in [-0.2, 0) is 21.4 Å². The maximum atomic E-state index is 12.8. The van der Waals surface area contributed by atoms with Crippen LogP contribution in [0.25, 0.3) is 22.0 Å². The van der Waals surface area contributed by atoms with E-state index in [9.17, 15) is 18.0 Å². The Hall–Kier alpha value is -4.90. The number of sulfonamides is 1. The van der Waals surface area contributed by atoms with Crippen LogP contribution in [0.3, 0.4) is 0 Å². The summed E-state index contributed by atoms with van der Waals surface area (Å²) in [5, 5.41) is 9.11. The van der Waals surface area contributed by atoms with Gasteiger partial charge in [0.2, 0.25) is 5.91 Å². The van der Waals surface area contributed by atoms with Gasteiger partial charge in [-0.25, -0.2) is 23.1 Å². The third-order valence-electron chi connectivity index (χ3n) is 5.88. The monoisotopic (exact) mass is 540 g/mol. The number of rotatable bonds is 7. The van der Waals surface area contributed by atoms with Gasteiger partial charge in [0.05, 0.1) is 10.6 Å². The van der Waals surface area contributed by atoms with Gasteiger partial charge >= 0.3 is 0 Å². The Bertz CT molecular complexity index is 1840. The van der Waals surface area contributed by atoms with Gasteiger partial charge in [0, 0.05) is 29.1 Å². The van der Waals surface area contributed by atoms with Gasteiger partial charge in [0.15, 0.2) is 0 Å². The first-order chi connectivity index (χ1) is 18.7. The molecule has 0 fully saturated rings. The number of carbonyl (C=O) groups is 1. The molecule has 0 atom stereocenters. The summed E-state index contributed by atoms with van der Waals surface area (Å²) in [6.07, 6.45) is 0. The van der Waals surface area contributed by atoms with Gasteiger partial charge in [-0.2, -0.15) is 5.10 Å². The molecule has 5 aromatic rings. The van der Waals surface area contributed by atoms with Gasteiger partial charge in [-0.1, -0.05) is 42.5 Å². The van der Waals surface area contributed by atoms with Crippen molar-refractivity contribution in [2.45, 2.75) is 25.3 Å². The average molecular weight is 541 g/mol. The van der Waals surface area contributed by atoms with E-state index < -0.39 is 21.5 Å². The van der Waals surface area contributed by atoms with E-state index in [4.69, 9.17) is 0 Å². The van der Waals surface area contributed by atoms with E-state index in [2.05, 4.69) is 25.1 Å². The second kappa shape index (κ2) is 10.5. The summed E-state index contributed by atoms with van der Waals surface area (Å²) in [4.78, 5) is 33.4. The second-order valence-corrected chi connectivity index (χ2v) is 10.5. The quantitative estimate of drug-likeness (QED) is 0.319. The van der Waals surface area contributed by atoms with Crippen molar-refractivity contribution >= 4 is 38.2 Å². The zero-order valence-corrected chi connectivity index (χ0v) is 21.9. The molecule has 0 aliphatic heterocycles. The molecule has 11 heteroatoms. The molecule has 0 saturated heterocycles. The summed E-state index contributed by atoms with van der Waals surface area (Å²) in [6, 6.07) is 23.9. The molecule has 0 aliphatic carbocycles. The summed E-state index contributed by atoms with van der Waals surface area (Å²) in [7, 11) is -3.90. The van der Waals surface area contributed by atoms with Gasteiger partial charge in [-0.15, -0.1) is 0 Å². The predicted octanol–water partition coefficient (Wildman–Crippen LogP) is 3.91. The third kappa shape index (κ3) is 5.83. The third-order valence-corrected chi connectivity index (χ3v) is 7.25. The van der Waals surface area contributed by atoms with Crippen LogP contribution >= 0.6 is 0 Å². The number of nitrogens with one attached hydrogen (secondary N) is 2. The number of benzene rings is 3. The summed E-state index contributed by atoms with van der Waals surface area (Å²) in [5.74, 6) is 0.128. The van der Waals surface area contributed by atoms with E-state index in [0.29, 0.717) is 22.9 Å². The van der Waals surface area contributed by atoms with E-state index >= 15 is 0 Å². The van der Waals surface area contributed by atoms with Crippen molar-refractivity contribution < 1.29 is 13.2 Å². The van der Waals surface area contributed by atoms with Crippen molar-refractivity contribution in [1.29, 1.82) is 0 Å². The standard InChI is InChI=1S/C28H24N6O4S/c1-18-16-26(30-19(2)29-18)33-39(37,38)22-12-10-21(11-13-22)31-27(35)17-34-28(36)15-14-25(32-34)24-9-5-7-20-6-3-4-8-23(20)24/h3-16H,17H2,1-2H3,(H,31,35)(H,29,30,33). The molecule has 2 N–H and O–H groups in total. The average Bonchev–Trinajstić information content (AvgIpc) is 2.89. The van der Waals surface area contributed by atoms with E-state index in [-0.39, 0.29) is 17.3 Å². The Balaban J connectivity index is 1.30. The molecule has 39 heavy (non-hydrogen) atoms. The number of aryl methyl sites for hydroxylation is 2. The molecule has 1 amide bonds. The maximum Gasteiger partial charge on any atom is 0.267 e. The van der Waals surface area contributed by atoms with E-state index in [0.717, 1.165) is 21.0 Å². The Morgan fingerprint density at radius 3 is 2.41 bits per heavy atom. The number of anilines is 2. The first-order valence-electron chi connectivity index (χ1n) is 12.0. The van der Waals surface area contributed by atoms with Crippen molar-refractivity contribution in [1.82, 2.24) is 19.7 Å². The number of carbonyl (C=O) groups excluding carboxylic acids is 1. The molecule has 0 aliphatic rings. The summed E-state index contributed by atoms with van der Waals surface area (Å²) in [6.45, 7) is 3.10. The largest absolute Gasteiger partial charge is 0.324 e. The van der Waals surface area contributed by atoms with Crippen LogP contribution in [0, 0.1) is 13.8 Å². The number of nitrogens with zero attached hydrogens (tertiary/aromatic N) is 4. The molecule has 2 heterocycles. The molecule has 0 saturated carbocycles. The van der Waals surface area contributed by atoms with Gasteiger partial charge in [0.25, 0.3) is 15.6 Å². The molecule has 0 spiro atoms. The lowest BCUT2D eigenvalue weighted by molar-refractivity contribution is -0.117. The predicted molar refractivity (Wildman–Crippen MR) is 149 cm³/mol. The lowest BCUT2D eigenvalue weighted by Crippen LogP contribution is -2.29. The number of amides is 1. The molecule has 196 valence electrons. The molecule has 3 aromatic carbocycles. The number of hydrogen-bond donors (Lipinski definition) is 2. The van der Waals surface area contributed by atoms with Crippen LogP contribution in [0.4, 0.5) is 11.5 Å². The molecule has 5 rings (SSSR count). The molecule has 0 radical (unpaired) electrons. The van der Waals surface area contributed by atoms with Crippen LogP contribution in [0.5, 0.6) is 0 Å². The minimum Gasteiger partial charge on any atom is -0.324 e. The Morgan fingerprint density at radius 2 is 1.64 bits per heavy atom. The highest BCUT2D eigenvalue weighted by Crippen LogP contribution is 2.26. The molecule has 0 bridgehead atoms. The summed E-state index contributed by atoms with van der Waals surface area (Å²) in [5.41, 5.74) is 1.99. The molecule has 0 unspecified atom stereocenters. The first kappa shape index (κ1) is 25.7. The summed E-state index contributed by atoms with van der Waals surface area (Å²) >= 11 is 0. The van der Waals surface area contributed by atoms with Crippen LogP contribution in [0.2, 0.25) is 0 Å².